The van der Waals surface area contributed by atoms with Crippen LogP contribution in [0.3, 0.4) is 0 Å². The number of aromatic nitrogens is 1. The Morgan fingerprint density at radius 2 is 1.10 bits per heavy atom. The van der Waals surface area contributed by atoms with E-state index in [0.29, 0.717) is 36.8 Å². The summed E-state index contributed by atoms with van der Waals surface area (Å²) in [6.45, 7) is 8.66. The minimum atomic E-state index is -0.954. The first-order valence-electron chi connectivity index (χ1n) is 19.0. The number of unbranched alkanes of at least 4 members (excludes halogenated alkanes) is 2. The van der Waals surface area contributed by atoms with Crippen LogP contribution in [0, 0.1) is 6.92 Å². The lowest BCUT2D eigenvalue weighted by Crippen LogP contribution is -2.13. The molecule has 0 aliphatic heterocycles. The van der Waals surface area contributed by atoms with Crippen molar-refractivity contribution in [2.45, 2.75) is 32.6 Å². The van der Waals surface area contributed by atoms with Crippen LogP contribution < -0.4 is 24.6 Å². The van der Waals surface area contributed by atoms with Gasteiger partial charge in [-0.25, -0.2) is 38.5 Å². The number of halogens is 1. The molecule has 0 N–H and O–H groups in total. The number of fused-ring (bicyclic) bond motifs is 1. The highest BCUT2D eigenvalue weighted by atomic mass is 35.5. The van der Waals surface area contributed by atoms with Gasteiger partial charge >= 0.3 is 41.8 Å². The monoisotopic (exact) mass is 883 g/mol. The minimum Gasteiger partial charge on any atom is -0.463 e. The largest absolute Gasteiger partial charge is 0.513 e. The summed E-state index contributed by atoms with van der Waals surface area (Å²) in [7, 11) is 0. The molecule has 1 aromatic heterocycles. The molecule has 0 amide bonds. The summed E-state index contributed by atoms with van der Waals surface area (Å²) in [6.07, 6.45) is 2.02. The Hall–Kier alpha value is -7.79. The molecule has 5 rings (SSSR count). The number of carbonyl (C=O) groups excluding carboxylic acids is 6. The maximum atomic E-state index is 13.1. The van der Waals surface area contributed by atoms with E-state index in [0.717, 1.165) is 12.2 Å². The standard InChI is InChI=1S/C45H38ClNO16/c1-4-38(48)55-20-6-8-22-57-44(53)59-31-15-10-28(11-16-31)41(50)61-36-19-14-30(25-34(36)46)40-47-35-24-27(3)37(26-33(35)43(52)63-40)62-42(51)29-12-17-32(18-13-29)60-45(54)58-23-9-7-21-56-39(49)5-2/h4-5,10-19,24-26H,1-2,6-9,20-23H2,3H3. The van der Waals surface area contributed by atoms with Crippen molar-refractivity contribution in [2.24, 2.45) is 0 Å². The summed E-state index contributed by atoms with van der Waals surface area (Å²) in [5.41, 5.74) is 0.451. The van der Waals surface area contributed by atoms with Crippen molar-refractivity contribution in [3.05, 3.63) is 136 Å². The Labute approximate surface area is 363 Å². The van der Waals surface area contributed by atoms with Gasteiger partial charge in [0.15, 0.2) is 0 Å². The van der Waals surface area contributed by atoms with Gasteiger partial charge in [-0.15, -0.1) is 0 Å². The van der Waals surface area contributed by atoms with E-state index in [1.54, 1.807) is 13.0 Å². The molecule has 0 fully saturated rings. The van der Waals surface area contributed by atoms with E-state index in [-0.39, 0.29) is 82.4 Å². The van der Waals surface area contributed by atoms with Gasteiger partial charge in [0.2, 0.25) is 5.89 Å². The number of benzene rings is 4. The SMILES string of the molecule is C=CC(=O)OCCCCOC(=O)Oc1ccc(C(=O)Oc2cc3c(=O)oc(-c4ccc(OC(=O)c5ccc(OC(=O)OCCCCOC(=O)C=C)cc5)c(Cl)c4)nc3cc2C)cc1. The highest BCUT2D eigenvalue weighted by Crippen LogP contribution is 2.32. The molecule has 0 unspecified atom stereocenters. The molecular weight excluding hydrogens is 846 g/mol. The van der Waals surface area contributed by atoms with Gasteiger partial charge in [-0.1, -0.05) is 24.8 Å². The minimum absolute atomic E-state index is 0.00217. The molecule has 326 valence electrons. The van der Waals surface area contributed by atoms with Gasteiger partial charge in [-0.05, 0) is 117 Å². The third-order valence-corrected chi connectivity index (χ3v) is 8.73. The van der Waals surface area contributed by atoms with Crippen molar-refractivity contribution in [3.63, 3.8) is 0 Å². The molecule has 0 spiro atoms. The topological polar surface area (TPSA) is 219 Å². The second kappa shape index (κ2) is 22.7. The first-order chi connectivity index (χ1) is 30.3. The summed E-state index contributed by atoms with van der Waals surface area (Å²) in [5, 5.41) is 0.0280. The van der Waals surface area contributed by atoms with Crippen LogP contribution in [0.2, 0.25) is 5.02 Å². The number of nitrogens with zero attached hydrogens (tertiary/aromatic N) is 1. The summed E-state index contributed by atoms with van der Waals surface area (Å²) < 4.78 is 46.4. The second-order valence-electron chi connectivity index (χ2n) is 13.0. The number of hydrogen-bond donors (Lipinski definition) is 0. The van der Waals surface area contributed by atoms with E-state index < -0.39 is 41.8 Å². The molecule has 0 aliphatic carbocycles. The van der Waals surface area contributed by atoms with E-state index in [2.05, 4.69) is 18.1 Å². The highest BCUT2D eigenvalue weighted by Gasteiger charge is 2.18. The Morgan fingerprint density at radius 1 is 0.619 bits per heavy atom. The van der Waals surface area contributed by atoms with E-state index in [9.17, 15) is 33.6 Å². The van der Waals surface area contributed by atoms with Crippen LogP contribution in [0.15, 0.2) is 113 Å². The molecule has 0 atom stereocenters. The molecule has 63 heavy (non-hydrogen) atoms. The van der Waals surface area contributed by atoms with E-state index >= 15 is 0 Å². The van der Waals surface area contributed by atoms with Gasteiger partial charge in [0.1, 0.15) is 23.0 Å². The molecule has 17 nitrogen and oxygen atoms in total. The van der Waals surface area contributed by atoms with Crippen LogP contribution in [-0.4, -0.2) is 67.6 Å². The van der Waals surface area contributed by atoms with Crippen LogP contribution in [0.4, 0.5) is 9.59 Å². The van der Waals surface area contributed by atoms with Crippen LogP contribution in [0.25, 0.3) is 22.4 Å². The van der Waals surface area contributed by atoms with Crippen molar-refractivity contribution < 1.29 is 71.1 Å². The summed E-state index contributed by atoms with van der Waals surface area (Å²) in [6, 6.07) is 18.2. The lowest BCUT2D eigenvalue weighted by molar-refractivity contribution is -0.138. The molecule has 4 aromatic carbocycles. The van der Waals surface area contributed by atoms with Gasteiger partial charge < -0.3 is 42.3 Å². The lowest BCUT2D eigenvalue weighted by Gasteiger charge is -2.10. The fourth-order valence-electron chi connectivity index (χ4n) is 5.22. The van der Waals surface area contributed by atoms with Gasteiger partial charge in [0.05, 0.1) is 53.5 Å². The average Bonchev–Trinajstić information content (AvgIpc) is 3.27. The molecule has 0 aliphatic rings. The number of esters is 4. The number of rotatable bonds is 19. The summed E-state index contributed by atoms with van der Waals surface area (Å²) in [4.78, 5) is 89.5. The molecule has 0 saturated heterocycles. The first-order valence-corrected chi connectivity index (χ1v) is 19.4. The second-order valence-corrected chi connectivity index (χ2v) is 13.4. The fourth-order valence-corrected chi connectivity index (χ4v) is 5.44. The van der Waals surface area contributed by atoms with Gasteiger partial charge in [-0.3, -0.25) is 0 Å². The summed E-state index contributed by atoms with van der Waals surface area (Å²) >= 11 is 6.45. The molecule has 18 heteroatoms. The Balaban J connectivity index is 1.13. The third kappa shape index (κ3) is 13.9. The van der Waals surface area contributed by atoms with Crippen LogP contribution >= 0.6 is 11.6 Å². The zero-order valence-electron chi connectivity index (χ0n) is 33.6. The molecule has 0 radical (unpaired) electrons. The number of carbonyl (C=O) groups is 6. The molecular formula is C45H38ClNO16. The quantitative estimate of drug-likeness (QED) is 0.0190. The zero-order valence-corrected chi connectivity index (χ0v) is 34.3. The predicted molar refractivity (Wildman–Crippen MR) is 223 cm³/mol. The van der Waals surface area contributed by atoms with Crippen molar-refractivity contribution >= 4 is 58.7 Å². The van der Waals surface area contributed by atoms with Crippen LogP contribution in [0.5, 0.6) is 23.0 Å². The Morgan fingerprint density at radius 3 is 1.57 bits per heavy atom. The van der Waals surface area contributed by atoms with Crippen LogP contribution in [0.1, 0.15) is 52.0 Å². The third-order valence-electron chi connectivity index (χ3n) is 8.43. The molecule has 0 saturated carbocycles. The molecule has 0 bridgehead atoms. The van der Waals surface area contributed by atoms with Gasteiger partial charge in [0, 0.05) is 17.7 Å². The van der Waals surface area contributed by atoms with Crippen molar-refractivity contribution in [2.75, 3.05) is 26.4 Å². The predicted octanol–water partition coefficient (Wildman–Crippen LogP) is 8.30. The van der Waals surface area contributed by atoms with Gasteiger partial charge in [-0.2, -0.15) is 0 Å². The van der Waals surface area contributed by atoms with E-state index in [4.69, 9.17) is 53.9 Å². The first kappa shape index (κ1) is 46.3. The van der Waals surface area contributed by atoms with E-state index in [1.807, 2.05) is 0 Å². The van der Waals surface area contributed by atoms with Crippen molar-refractivity contribution in [3.8, 4) is 34.5 Å². The number of aryl methyl sites for hydroxylation is 1. The average molecular weight is 884 g/mol. The van der Waals surface area contributed by atoms with Crippen molar-refractivity contribution in [1.29, 1.82) is 0 Å². The zero-order chi connectivity index (χ0) is 45.3. The molecule has 1 heterocycles. The van der Waals surface area contributed by atoms with E-state index in [1.165, 1.54) is 72.8 Å². The van der Waals surface area contributed by atoms with Crippen LogP contribution in [-0.2, 0) is 28.5 Å². The fraction of sp³-hybridized carbons (Fsp3) is 0.200. The number of hydrogen-bond acceptors (Lipinski definition) is 17. The molecule has 5 aromatic rings. The smallest absolute Gasteiger partial charge is 0.463 e. The number of ether oxygens (including phenoxy) is 8. The summed E-state index contributed by atoms with van der Waals surface area (Å²) in [5.74, 6) is -2.38. The Kier molecular flexibility index (Phi) is 16.7. The Bertz CT molecular complexity index is 2570. The normalized spacial score (nSPS) is 10.5. The highest BCUT2D eigenvalue weighted by molar-refractivity contribution is 6.32. The lowest BCUT2D eigenvalue weighted by atomic mass is 10.1. The maximum Gasteiger partial charge on any atom is 0.513 e. The van der Waals surface area contributed by atoms with Crippen molar-refractivity contribution in [1.82, 2.24) is 4.98 Å². The maximum absolute atomic E-state index is 13.1. The van der Waals surface area contributed by atoms with Gasteiger partial charge in [0.25, 0.3) is 0 Å².